The van der Waals surface area contributed by atoms with Gasteiger partial charge in [0.15, 0.2) is 0 Å². The summed E-state index contributed by atoms with van der Waals surface area (Å²) in [5.74, 6) is 0.511. The van der Waals surface area contributed by atoms with E-state index in [9.17, 15) is 4.79 Å². The maximum atomic E-state index is 12.7. The zero-order valence-electron chi connectivity index (χ0n) is 13.7. The fourth-order valence-electron chi connectivity index (χ4n) is 2.08. The Hall–Kier alpha value is -2.25. The van der Waals surface area contributed by atoms with Crippen molar-refractivity contribution in [1.82, 2.24) is 9.38 Å². The third-order valence-electron chi connectivity index (χ3n) is 3.25. The summed E-state index contributed by atoms with van der Waals surface area (Å²) in [7, 11) is 3.24. The van der Waals surface area contributed by atoms with Crippen molar-refractivity contribution in [3.63, 3.8) is 0 Å². The third kappa shape index (κ3) is 4.37. The molecule has 7 nitrogen and oxygen atoms in total. The Labute approximate surface area is 135 Å². The van der Waals surface area contributed by atoms with E-state index >= 15 is 0 Å². The summed E-state index contributed by atoms with van der Waals surface area (Å²) in [6.07, 6.45) is 3.33. The van der Waals surface area contributed by atoms with Gasteiger partial charge >= 0.3 is 0 Å². The molecule has 23 heavy (non-hydrogen) atoms. The number of methoxy groups -OCH3 is 2. The lowest BCUT2D eigenvalue weighted by atomic mass is 10.2. The van der Waals surface area contributed by atoms with E-state index in [2.05, 4.69) is 15.3 Å². The molecule has 2 aromatic heterocycles. The average Bonchev–Trinajstić information content (AvgIpc) is 2.54. The molecule has 0 aliphatic heterocycles. The van der Waals surface area contributed by atoms with Crippen molar-refractivity contribution in [3.8, 4) is 0 Å². The summed E-state index contributed by atoms with van der Waals surface area (Å²) in [6, 6.07) is 3.75. The molecule has 0 aromatic carbocycles. The van der Waals surface area contributed by atoms with E-state index in [1.54, 1.807) is 26.6 Å². The molecule has 0 saturated heterocycles. The van der Waals surface area contributed by atoms with E-state index in [0.29, 0.717) is 43.3 Å². The smallest absolute Gasteiger partial charge is 0.268 e. The first-order valence-corrected chi connectivity index (χ1v) is 7.42. The van der Waals surface area contributed by atoms with Crippen LogP contribution in [0.3, 0.4) is 0 Å². The molecule has 0 spiro atoms. The Morgan fingerprint density at radius 1 is 1.30 bits per heavy atom. The quantitative estimate of drug-likeness (QED) is 0.583. The number of pyridine rings is 1. The lowest BCUT2D eigenvalue weighted by molar-refractivity contribution is 0.208. The molecule has 2 heterocycles. The number of aryl methyl sites for hydroxylation is 1. The molecule has 2 rings (SSSR count). The number of aromatic nitrogens is 2. The Kier molecular flexibility index (Phi) is 6.25. The minimum atomic E-state index is -0.153. The molecule has 1 N–H and O–H groups in total. The van der Waals surface area contributed by atoms with Crippen LogP contribution in [0.4, 0.5) is 5.82 Å². The number of ether oxygens (including phenoxy) is 2. The lowest BCUT2D eigenvalue weighted by Gasteiger charge is -2.10. The van der Waals surface area contributed by atoms with Crippen LogP contribution in [0.25, 0.3) is 5.65 Å². The first-order valence-electron chi connectivity index (χ1n) is 7.42. The molecule has 0 bridgehead atoms. The molecule has 0 aliphatic carbocycles. The van der Waals surface area contributed by atoms with Gasteiger partial charge in [-0.25, -0.2) is 4.98 Å². The minimum absolute atomic E-state index is 0.153. The monoisotopic (exact) mass is 318 g/mol. The zero-order valence-corrected chi connectivity index (χ0v) is 13.7. The molecule has 0 fully saturated rings. The summed E-state index contributed by atoms with van der Waals surface area (Å²) >= 11 is 0. The van der Waals surface area contributed by atoms with E-state index in [1.165, 1.54) is 4.40 Å². The van der Waals surface area contributed by atoms with Gasteiger partial charge in [-0.15, -0.1) is 0 Å². The van der Waals surface area contributed by atoms with Gasteiger partial charge in [0.1, 0.15) is 17.0 Å². The first-order chi connectivity index (χ1) is 11.2. The highest BCUT2D eigenvalue weighted by atomic mass is 16.5. The van der Waals surface area contributed by atoms with Gasteiger partial charge in [0.05, 0.1) is 19.8 Å². The summed E-state index contributed by atoms with van der Waals surface area (Å²) < 4.78 is 11.5. The van der Waals surface area contributed by atoms with Crippen molar-refractivity contribution in [2.45, 2.75) is 6.92 Å². The van der Waals surface area contributed by atoms with E-state index in [0.717, 1.165) is 5.56 Å². The number of anilines is 1. The van der Waals surface area contributed by atoms with Crippen molar-refractivity contribution >= 4 is 17.7 Å². The van der Waals surface area contributed by atoms with Gasteiger partial charge in [-0.05, 0) is 18.6 Å². The molecule has 2 aromatic rings. The molecule has 0 amide bonds. The fourth-order valence-corrected chi connectivity index (χ4v) is 2.08. The second kappa shape index (κ2) is 8.40. The van der Waals surface area contributed by atoms with Crippen LogP contribution in [-0.4, -0.2) is 56.1 Å². The molecular weight excluding hydrogens is 296 g/mol. The van der Waals surface area contributed by atoms with Gasteiger partial charge < -0.3 is 14.8 Å². The topological polar surface area (TPSA) is 77.2 Å². The summed E-state index contributed by atoms with van der Waals surface area (Å²) in [6.45, 7) is 4.01. The molecule has 7 heteroatoms. The lowest BCUT2D eigenvalue weighted by Crippen LogP contribution is -2.23. The Bertz CT molecular complexity index is 740. The van der Waals surface area contributed by atoms with Gasteiger partial charge in [-0.1, -0.05) is 6.07 Å². The van der Waals surface area contributed by atoms with Crippen molar-refractivity contribution in [2.75, 3.05) is 45.8 Å². The maximum Gasteiger partial charge on any atom is 0.268 e. The Balaban J connectivity index is 2.44. The van der Waals surface area contributed by atoms with Gasteiger partial charge in [0.25, 0.3) is 5.56 Å². The van der Waals surface area contributed by atoms with Crippen molar-refractivity contribution in [1.29, 1.82) is 0 Å². The largest absolute Gasteiger partial charge is 0.383 e. The normalized spacial score (nSPS) is 11.4. The minimum Gasteiger partial charge on any atom is -0.383 e. The van der Waals surface area contributed by atoms with E-state index < -0.39 is 0 Å². The van der Waals surface area contributed by atoms with Crippen LogP contribution in [0.1, 0.15) is 11.1 Å². The van der Waals surface area contributed by atoms with Gasteiger partial charge in [0, 0.05) is 33.2 Å². The van der Waals surface area contributed by atoms with Crippen LogP contribution in [0.15, 0.2) is 28.1 Å². The van der Waals surface area contributed by atoms with Crippen molar-refractivity contribution in [3.05, 3.63) is 39.8 Å². The van der Waals surface area contributed by atoms with Crippen LogP contribution >= 0.6 is 0 Å². The molecule has 0 saturated carbocycles. The number of nitrogens with zero attached hydrogens (tertiary/aromatic N) is 3. The van der Waals surface area contributed by atoms with Crippen LogP contribution in [0.5, 0.6) is 0 Å². The number of aliphatic imine (C=N–C) groups is 1. The Morgan fingerprint density at radius 2 is 2.09 bits per heavy atom. The van der Waals surface area contributed by atoms with Gasteiger partial charge in [0.2, 0.25) is 0 Å². The number of nitrogens with one attached hydrogen (secondary N) is 1. The van der Waals surface area contributed by atoms with Crippen LogP contribution in [-0.2, 0) is 9.47 Å². The summed E-state index contributed by atoms with van der Waals surface area (Å²) in [5, 5.41) is 3.13. The molecule has 0 aliphatic rings. The highest BCUT2D eigenvalue weighted by Gasteiger charge is 2.11. The number of fused-ring (bicyclic) bond motifs is 1. The average molecular weight is 318 g/mol. The van der Waals surface area contributed by atoms with Crippen molar-refractivity contribution in [2.24, 2.45) is 4.99 Å². The second-order valence-corrected chi connectivity index (χ2v) is 5.06. The molecule has 0 unspecified atom stereocenters. The molecular formula is C16H22N4O3. The van der Waals surface area contributed by atoms with Gasteiger partial charge in [-0.3, -0.25) is 14.2 Å². The van der Waals surface area contributed by atoms with Crippen molar-refractivity contribution < 1.29 is 9.47 Å². The number of hydrogen-bond acceptors (Lipinski definition) is 6. The van der Waals surface area contributed by atoms with Crippen LogP contribution in [0, 0.1) is 6.92 Å². The molecule has 0 radical (unpaired) electrons. The first kappa shape index (κ1) is 17.1. The van der Waals surface area contributed by atoms with E-state index in [1.807, 2.05) is 19.1 Å². The zero-order chi connectivity index (χ0) is 16.7. The highest BCUT2D eigenvalue weighted by Crippen LogP contribution is 2.10. The van der Waals surface area contributed by atoms with E-state index in [-0.39, 0.29) is 5.56 Å². The summed E-state index contributed by atoms with van der Waals surface area (Å²) in [5.41, 5.74) is 1.86. The number of rotatable bonds is 8. The van der Waals surface area contributed by atoms with Gasteiger partial charge in [-0.2, -0.15) is 0 Å². The van der Waals surface area contributed by atoms with Crippen LogP contribution in [0.2, 0.25) is 0 Å². The third-order valence-corrected chi connectivity index (χ3v) is 3.25. The fraction of sp³-hybridized carbons (Fsp3) is 0.438. The highest BCUT2D eigenvalue weighted by molar-refractivity contribution is 5.86. The van der Waals surface area contributed by atoms with E-state index in [4.69, 9.17) is 9.47 Å². The molecule has 0 atom stereocenters. The predicted molar refractivity (Wildman–Crippen MR) is 90.9 cm³/mol. The maximum absolute atomic E-state index is 12.7. The number of hydrogen-bond donors (Lipinski definition) is 1. The SMILES string of the molecule is COCCN=Cc1c(NCCOC)nc2ccc(C)cn2c1=O. The summed E-state index contributed by atoms with van der Waals surface area (Å²) in [4.78, 5) is 21.5. The standard InChI is InChI=1S/C16H22N4O3/c1-12-4-5-14-19-15(18-7-9-23-3)13(10-17-6-8-22-2)16(21)20(14)11-12/h4-5,10-11,18H,6-9H2,1-3H3. The second-order valence-electron chi connectivity index (χ2n) is 5.06. The Morgan fingerprint density at radius 3 is 2.83 bits per heavy atom. The molecule has 124 valence electrons. The predicted octanol–water partition coefficient (Wildman–Crippen LogP) is 1.13. The van der Waals surface area contributed by atoms with Crippen LogP contribution < -0.4 is 10.9 Å².